The van der Waals surface area contributed by atoms with Crippen molar-refractivity contribution >= 4 is 41.1 Å². The van der Waals surface area contributed by atoms with E-state index in [1.54, 1.807) is 31.1 Å². The topological polar surface area (TPSA) is 352 Å². The Balaban J connectivity index is 0.000000187. The number of ether oxygens (including phenoxy) is 11. The van der Waals surface area contributed by atoms with Crippen molar-refractivity contribution in [1.82, 2.24) is 75.9 Å². The molecule has 0 bridgehead atoms. The number of carbonyl (C=O) groups is 5. The van der Waals surface area contributed by atoms with Gasteiger partial charge < -0.3 is 77.9 Å². The largest absolute Gasteiger partial charge is 0.441 e. The van der Waals surface area contributed by atoms with E-state index in [-0.39, 0.29) is 98.2 Å². The minimum Gasteiger partial charge on any atom is -0.441 e. The van der Waals surface area contributed by atoms with Crippen molar-refractivity contribution < 1.29 is 76.1 Å². The lowest BCUT2D eigenvalue weighted by molar-refractivity contribution is -0.139. The number of nitrogens with zero attached hydrogens (tertiary/aromatic N) is 14. The molecule has 2 aliphatic heterocycles. The summed E-state index contributed by atoms with van der Waals surface area (Å²) in [6, 6.07) is 47.8. The summed E-state index contributed by atoms with van der Waals surface area (Å²) < 4.78 is 65.8. The van der Waals surface area contributed by atoms with Crippen LogP contribution in [0.1, 0.15) is 169 Å². The van der Waals surface area contributed by atoms with Crippen LogP contribution in [0.4, 0.5) is 16.2 Å². The molecule has 706 valence electrons. The molecule has 6 aromatic carbocycles. The molecule has 3 aliphatic rings. The van der Waals surface area contributed by atoms with Crippen LogP contribution in [-0.2, 0) is 120 Å². The number of alkyl carbamates (subject to hydrolysis) is 1. The zero-order valence-electron chi connectivity index (χ0n) is 79.1. The number of hydrogen-bond acceptors (Lipinski definition) is 24. The second-order valence-electron chi connectivity index (χ2n) is 35.5. The molecule has 0 saturated heterocycles. The van der Waals surface area contributed by atoms with Crippen molar-refractivity contribution in [2.24, 2.45) is 0 Å². The summed E-state index contributed by atoms with van der Waals surface area (Å²) in [7, 11) is 4.85. The Morgan fingerprint density at radius 2 is 0.809 bits per heavy atom. The molecule has 10 aromatic rings. The Kier molecular flexibility index (Phi) is 39.1. The van der Waals surface area contributed by atoms with Gasteiger partial charge in [0.1, 0.15) is 42.5 Å². The summed E-state index contributed by atoms with van der Waals surface area (Å²) in [5.74, 6) is -0.603. The van der Waals surface area contributed by atoms with Gasteiger partial charge >= 0.3 is 6.09 Å². The monoisotopic (exact) mass is 1800 g/mol. The summed E-state index contributed by atoms with van der Waals surface area (Å²) in [5, 5.41) is 44.0. The average molecular weight is 1810 g/mol. The summed E-state index contributed by atoms with van der Waals surface area (Å²) >= 11 is 0. The molecule has 131 heavy (non-hydrogen) atoms. The zero-order valence-corrected chi connectivity index (χ0v) is 79.1. The Morgan fingerprint density at radius 3 is 1.33 bits per heavy atom. The van der Waals surface area contributed by atoms with Gasteiger partial charge in [0.05, 0.1) is 149 Å². The van der Waals surface area contributed by atoms with Gasteiger partial charge in [0.15, 0.2) is 0 Å². The van der Waals surface area contributed by atoms with Gasteiger partial charge in [-0.3, -0.25) is 19.2 Å². The van der Waals surface area contributed by atoms with Gasteiger partial charge in [0, 0.05) is 119 Å². The number of anilines is 2. The third-order valence-corrected chi connectivity index (χ3v) is 21.2. The second-order valence-corrected chi connectivity index (χ2v) is 35.5. The molecule has 6 heterocycles. The molecule has 5 amide bonds. The van der Waals surface area contributed by atoms with Crippen LogP contribution in [-0.4, -0.2) is 224 Å². The smallest absolute Gasteiger partial charge is 0.407 e. The standard InChI is InChI=1S/C30H39N5O6.C28H35N5O4.C27H34N4O4.C13H25N3O2/c1-30(2,3)35-29-23-10-6-5-9-22(23)19-34(25-12-8-7-11-24(25)28(29)32-33-35)27(37)13-15-31-26(36)14-16-39-20-41-21-40-18-17-38-4;1-28(2,3)33-27-21-10-6-5-9-20(21)19-32(23-12-8-7-11-22(23)26(27)30-31-33)25(35)14-13-24(34)29-15-16-37-18-17-36-4;1-27(2,3)31-25-20-11-6-5-10-19(20)18-23(21-12-7-8-13-22(21)24(25)29-30-31)35-26(32)28-14-9-15-34-17-16-33-4;1-5-6-7-17-8-9-18-11-12-10-16(15-14-12)13(2,3)4/h5-12H,13-21H2,1-4H3,(H,31,36);5-12H,13-19H2,1-4H3,(H,29,34);5-8,10-13,23H,9,14-18H2,1-4H3,(H,28,32);10H,5-9,11H2,1-4H3. The number of amides is 5. The Bertz CT molecular complexity index is 5270. The lowest BCUT2D eigenvalue weighted by Gasteiger charge is -2.30. The second kappa shape index (κ2) is 50.3. The van der Waals surface area contributed by atoms with E-state index in [9.17, 15) is 24.0 Å². The lowest BCUT2D eigenvalue weighted by Crippen LogP contribution is -2.35. The first-order valence-corrected chi connectivity index (χ1v) is 45.0. The van der Waals surface area contributed by atoms with E-state index in [2.05, 4.69) is 171 Å². The Labute approximate surface area is 769 Å². The van der Waals surface area contributed by atoms with Crippen LogP contribution < -0.4 is 25.8 Å². The fraction of sp³-hybridized carbons (Fsp3) is 0.500. The van der Waals surface area contributed by atoms with Gasteiger partial charge in [-0.25, -0.2) is 23.5 Å². The Hall–Kier alpha value is -11.4. The molecule has 0 spiro atoms. The number of aromatic nitrogens is 12. The van der Waals surface area contributed by atoms with E-state index in [1.807, 2.05) is 146 Å². The van der Waals surface area contributed by atoms with Gasteiger partial charge in [-0.15, -0.1) is 20.4 Å². The number of fused-ring (bicyclic) bond motifs is 15. The first-order chi connectivity index (χ1) is 63.0. The minimum atomic E-state index is -0.460. The quantitative estimate of drug-likeness (QED) is 0.0239. The van der Waals surface area contributed by atoms with Crippen molar-refractivity contribution in [1.29, 1.82) is 0 Å². The van der Waals surface area contributed by atoms with Crippen molar-refractivity contribution in [2.75, 3.05) is 144 Å². The van der Waals surface area contributed by atoms with E-state index in [4.69, 9.17) is 52.1 Å². The average Bonchev–Trinajstić information content (AvgIpc) is 1.63. The van der Waals surface area contributed by atoms with Crippen LogP contribution >= 0.6 is 0 Å². The molecule has 4 aromatic heterocycles. The SMILES string of the molecule is CCCCOCCOCc1cn(C(C)(C)C)nn1.COCCOCCCNC(=O)OC1Cc2ccccc2-c2c(nnn2C(C)(C)C)-c2ccccc21.COCCOCCNC(=O)CCC(=O)N1Cc2ccccc2-c2c(nnn2C(C)(C)C)-c2ccccc21.COCCOCOCOCCC(=O)NCCC(=O)N1Cc2ccccc2-c2c(nnn2C(C)(C)C)-c2ccccc21. The molecule has 13 rings (SSSR count). The molecule has 1 unspecified atom stereocenters. The molecular formula is C98H133N17O16. The highest BCUT2D eigenvalue weighted by Crippen LogP contribution is 2.47. The van der Waals surface area contributed by atoms with E-state index < -0.39 is 12.2 Å². The summed E-state index contributed by atoms with van der Waals surface area (Å²) in [5.41, 5.74) is 16.3. The molecule has 1 atom stereocenters. The van der Waals surface area contributed by atoms with Crippen molar-refractivity contribution in [3.05, 3.63) is 180 Å². The molecule has 1 aliphatic carbocycles. The van der Waals surface area contributed by atoms with Gasteiger partial charge in [-0.2, -0.15) is 0 Å². The van der Waals surface area contributed by atoms with Crippen molar-refractivity contribution in [2.45, 2.75) is 189 Å². The van der Waals surface area contributed by atoms with Gasteiger partial charge in [-0.1, -0.05) is 168 Å². The van der Waals surface area contributed by atoms with Crippen LogP contribution in [0.5, 0.6) is 0 Å². The van der Waals surface area contributed by atoms with E-state index in [1.165, 1.54) is 0 Å². The molecule has 0 saturated carbocycles. The predicted octanol–water partition coefficient (Wildman–Crippen LogP) is 14.6. The number of rotatable bonds is 38. The zero-order chi connectivity index (χ0) is 93.9. The first-order valence-electron chi connectivity index (χ1n) is 45.0. The molecular weight excluding hydrogens is 1670 g/mol. The third kappa shape index (κ3) is 29.3. The fourth-order valence-electron chi connectivity index (χ4n) is 14.6. The number of nitrogens with one attached hydrogen (secondary N) is 3. The minimum absolute atomic E-state index is 0.0276. The number of carbonyl (C=O) groups excluding carboxylic acids is 5. The fourth-order valence-corrected chi connectivity index (χ4v) is 14.6. The van der Waals surface area contributed by atoms with Gasteiger partial charge in [0.2, 0.25) is 23.6 Å². The third-order valence-electron chi connectivity index (χ3n) is 21.2. The first kappa shape index (κ1) is 102. The summed E-state index contributed by atoms with van der Waals surface area (Å²) in [6.07, 6.45) is 5.04. The summed E-state index contributed by atoms with van der Waals surface area (Å²) in [4.78, 5) is 68.0. The van der Waals surface area contributed by atoms with Crippen LogP contribution in [0.15, 0.2) is 152 Å². The maximum absolute atomic E-state index is 13.6. The number of unbranched alkanes of at least 4 members (excludes halogenated alkanes) is 1. The van der Waals surface area contributed by atoms with E-state index in [0.29, 0.717) is 112 Å². The molecule has 0 radical (unpaired) electrons. The molecule has 33 heteroatoms. The van der Waals surface area contributed by atoms with E-state index in [0.717, 1.165) is 126 Å². The van der Waals surface area contributed by atoms with Crippen molar-refractivity contribution in [3.63, 3.8) is 0 Å². The summed E-state index contributed by atoms with van der Waals surface area (Å²) in [6.45, 7) is 36.1. The van der Waals surface area contributed by atoms with Gasteiger partial charge in [-0.05, 0) is 125 Å². The van der Waals surface area contributed by atoms with E-state index >= 15 is 0 Å². The van der Waals surface area contributed by atoms with Crippen LogP contribution in [0, 0.1) is 0 Å². The highest BCUT2D eigenvalue weighted by molar-refractivity contribution is 6.02. The van der Waals surface area contributed by atoms with Crippen LogP contribution in [0.3, 0.4) is 0 Å². The van der Waals surface area contributed by atoms with Crippen molar-refractivity contribution in [3.8, 4) is 67.5 Å². The molecule has 0 fully saturated rings. The van der Waals surface area contributed by atoms with Crippen LogP contribution in [0.25, 0.3) is 67.5 Å². The van der Waals surface area contributed by atoms with Crippen LogP contribution in [0.2, 0.25) is 0 Å². The molecule has 3 N–H and O–H groups in total. The normalized spacial score (nSPS) is 13.1. The number of benzene rings is 6. The molecule has 33 nitrogen and oxygen atoms in total. The number of methoxy groups -OCH3 is 3. The maximum atomic E-state index is 13.6. The highest BCUT2D eigenvalue weighted by atomic mass is 16.7. The maximum Gasteiger partial charge on any atom is 0.407 e. The highest BCUT2D eigenvalue weighted by Gasteiger charge is 2.37. The Morgan fingerprint density at radius 1 is 0.382 bits per heavy atom. The predicted molar refractivity (Wildman–Crippen MR) is 500 cm³/mol. The number of hydrogen-bond donors (Lipinski definition) is 3. The number of para-hydroxylation sites is 2. The lowest BCUT2D eigenvalue weighted by atomic mass is 9.87. The van der Waals surface area contributed by atoms with Gasteiger partial charge in [0.25, 0.3) is 0 Å².